The number of fused-ring (bicyclic) bond motifs is 2. The lowest BCUT2D eigenvalue weighted by Gasteiger charge is -2.38. The minimum Gasteiger partial charge on any atom is -0.383 e. The predicted molar refractivity (Wildman–Crippen MR) is 177 cm³/mol. The summed E-state index contributed by atoms with van der Waals surface area (Å²) in [6.45, 7) is 12.4. The van der Waals surface area contributed by atoms with Crippen molar-refractivity contribution in [1.82, 2.24) is 29.5 Å². The van der Waals surface area contributed by atoms with Crippen LogP contribution in [0.4, 0.5) is 11.5 Å². The predicted octanol–water partition coefficient (Wildman–Crippen LogP) is 4.90. The van der Waals surface area contributed by atoms with Crippen LogP contribution in [0.1, 0.15) is 42.3 Å². The van der Waals surface area contributed by atoms with Gasteiger partial charge in [0.2, 0.25) is 0 Å². The lowest BCUT2D eigenvalue weighted by atomic mass is 9.89. The van der Waals surface area contributed by atoms with E-state index in [0.717, 1.165) is 47.8 Å². The topological polar surface area (TPSA) is 132 Å². The zero-order chi connectivity index (χ0) is 31.2. The molecule has 4 aromatic rings. The first-order chi connectivity index (χ1) is 21.0. The number of likely N-dealkylation sites (N-methyl/N-ethyl adjacent to an activating group) is 1. The van der Waals surface area contributed by atoms with Gasteiger partial charge in [0.25, 0.3) is 0 Å². The number of piperidine rings is 1. The number of aromatic nitrogens is 4. The van der Waals surface area contributed by atoms with Gasteiger partial charge in [-0.1, -0.05) is 32.6 Å². The van der Waals surface area contributed by atoms with E-state index in [2.05, 4.69) is 72.1 Å². The van der Waals surface area contributed by atoms with Crippen molar-refractivity contribution in [3.8, 4) is 0 Å². The molecule has 11 nitrogen and oxygen atoms in total. The minimum atomic E-state index is -1.25. The highest BCUT2D eigenvalue weighted by molar-refractivity contribution is 7.18. The van der Waals surface area contributed by atoms with E-state index in [1.807, 2.05) is 0 Å². The number of thiazole rings is 1. The maximum atomic E-state index is 13.8. The summed E-state index contributed by atoms with van der Waals surface area (Å²) in [6, 6.07) is 7.12. The molecule has 1 aromatic carbocycles. The van der Waals surface area contributed by atoms with Crippen LogP contribution in [0.15, 0.2) is 30.6 Å². The third kappa shape index (κ3) is 6.37. The highest BCUT2D eigenvalue weighted by Crippen LogP contribution is 2.38. The molecule has 3 N–H and O–H groups in total. The number of hydrogen-bond donors (Lipinski definition) is 2. The van der Waals surface area contributed by atoms with Crippen LogP contribution in [-0.4, -0.2) is 82.7 Å². The lowest BCUT2D eigenvalue weighted by molar-refractivity contribution is -0.146. The largest absolute Gasteiger partial charge is 0.383 e. The molecule has 0 spiro atoms. The minimum absolute atomic E-state index is 0.205. The number of nitrogens with zero attached hydrogens (tertiary/aromatic N) is 6. The number of hydrogen-bond acceptors (Lipinski definition) is 9. The number of amides is 2. The van der Waals surface area contributed by atoms with Crippen molar-refractivity contribution in [3.63, 3.8) is 0 Å². The molecule has 3 aromatic heterocycles. The number of nitrogens with one attached hydrogen (secondary N) is 1. The molecule has 0 saturated carbocycles. The van der Waals surface area contributed by atoms with Gasteiger partial charge in [-0.05, 0) is 49.5 Å². The van der Waals surface area contributed by atoms with Gasteiger partial charge in [0.05, 0.1) is 50.3 Å². The van der Waals surface area contributed by atoms with E-state index in [4.69, 9.17) is 15.5 Å². The summed E-state index contributed by atoms with van der Waals surface area (Å²) in [6.07, 6.45) is 4.85. The van der Waals surface area contributed by atoms with Crippen molar-refractivity contribution in [3.05, 3.63) is 41.2 Å². The second-order valence-corrected chi connectivity index (χ2v) is 20.3. The van der Waals surface area contributed by atoms with Gasteiger partial charge in [-0.2, -0.15) is 5.10 Å². The van der Waals surface area contributed by atoms with Gasteiger partial charge >= 0.3 is 11.8 Å². The number of rotatable bonds is 8. The Morgan fingerprint density at radius 2 is 1.95 bits per heavy atom. The maximum absolute atomic E-state index is 13.8. The molecule has 6 rings (SSSR count). The fourth-order valence-electron chi connectivity index (χ4n) is 6.07. The van der Waals surface area contributed by atoms with Crippen LogP contribution in [0.25, 0.3) is 21.1 Å². The number of nitrogen functional groups attached to an aromatic ring is 1. The summed E-state index contributed by atoms with van der Waals surface area (Å²) in [5.74, 6) is -0.211. The smallest absolute Gasteiger partial charge is 0.314 e. The average Bonchev–Trinajstić information content (AvgIpc) is 3.58. The standard InChI is InChI=1S/C31H42N8O3SSi/c1-19-6-8-25(20-7-9-26-23(12-20)36-30(43-26)21-16-37(2)17-21)38(15-19)31(41)29(40)35-24-14-33-28(32)22-13-34-39(27(22)24)18-42-10-11-44(3,4)5/h7,9,12-14,19,21,25H,6,8,10-11,15-18H2,1-5H3,(H2,32,33)(H,35,40)/t19-,25+/m0/s1. The fourth-order valence-corrected chi connectivity index (χ4v) is 7.86. The number of carbonyl (C=O) groups is 2. The Labute approximate surface area is 262 Å². The molecule has 0 radical (unpaired) electrons. The quantitative estimate of drug-likeness (QED) is 0.159. The number of likely N-dealkylation sites (tertiary alicyclic amines) is 2. The van der Waals surface area contributed by atoms with Crippen molar-refractivity contribution in [1.29, 1.82) is 0 Å². The van der Waals surface area contributed by atoms with Crippen LogP contribution >= 0.6 is 11.3 Å². The van der Waals surface area contributed by atoms with Crippen molar-refractivity contribution >= 4 is 63.8 Å². The molecule has 0 bridgehead atoms. The number of pyridine rings is 1. The second-order valence-electron chi connectivity index (χ2n) is 13.6. The van der Waals surface area contributed by atoms with E-state index in [9.17, 15) is 9.59 Å². The normalized spacial score (nSPS) is 19.9. The Bertz CT molecular complexity index is 1690. The van der Waals surface area contributed by atoms with Crippen LogP contribution in [0, 0.1) is 5.92 Å². The number of carbonyl (C=O) groups excluding carboxylic acids is 2. The number of ether oxygens (including phenoxy) is 1. The molecular weight excluding hydrogens is 593 g/mol. The van der Waals surface area contributed by atoms with Gasteiger partial charge < -0.3 is 25.6 Å². The summed E-state index contributed by atoms with van der Waals surface area (Å²) >= 11 is 1.75. The van der Waals surface area contributed by atoms with Crippen LogP contribution in [-0.2, 0) is 21.1 Å². The first-order valence-corrected chi connectivity index (χ1v) is 19.9. The molecule has 2 fully saturated rings. The van der Waals surface area contributed by atoms with Gasteiger partial charge in [0.1, 0.15) is 12.5 Å². The molecule has 234 valence electrons. The van der Waals surface area contributed by atoms with E-state index in [1.165, 1.54) is 11.2 Å². The summed E-state index contributed by atoms with van der Waals surface area (Å²) < 4.78 is 8.73. The van der Waals surface area contributed by atoms with Gasteiger partial charge in [-0.25, -0.2) is 14.6 Å². The SMILES string of the molecule is C[C@H]1CC[C@H](c2ccc3sc(C4CN(C)C4)nc3c2)N(C(=O)C(=O)Nc2cnc(N)c3cnn(COCC[Si](C)(C)C)c23)C1. The molecule has 5 heterocycles. The zero-order valence-corrected chi connectivity index (χ0v) is 28.0. The summed E-state index contributed by atoms with van der Waals surface area (Å²) in [5.41, 5.74) is 9.06. The number of nitrogens with two attached hydrogens (primary N) is 1. The fraction of sp³-hybridized carbons (Fsp3) is 0.516. The van der Waals surface area contributed by atoms with Gasteiger partial charge in [0.15, 0.2) is 0 Å². The van der Waals surface area contributed by atoms with E-state index in [-0.39, 0.29) is 18.7 Å². The monoisotopic (exact) mass is 634 g/mol. The average molecular weight is 635 g/mol. The van der Waals surface area contributed by atoms with E-state index in [0.29, 0.717) is 41.5 Å². The van der Waals surface area contributed by atoms with Gasteiger partial charge in [0, 0.05) is 40.2 Å². The van der Waals surface area contributed by atoms with Crippen molar-refractivity contribution in [2.45, 2.75) is 64.1 Å². The molecule has 0 unspecified atom stereocenters. The Balaban J connectivity index is 1.21. The van der Waals surface area contributed by atoms with Crippen LogP contribution in [0.2, 0.25) is 25.7 Å². The highest BCUT2D eigenvalue weighted by atomic mass is 32.1. The second kappa shape index (κ2) is 12.2. The summed E-state index contributed by atoms with van der Waals surface area (Å²) in [4.78, 5) is 40.6. The van der Waals surface area contributed by atoms with Crippen molar-refractivity contribution in [2.75, 3.05) is 44.3 Å². The Hall–Kier alpha value is -3.39. The van der Waals surface area contributed by atoms with E-state index < -0.39 is 19.9 Å². The molecule has 2 aliphatic rings. The van der Waals surface area contributed by atoms with E-state index >= 15 is 0 Å². The molecule has 13 heteroatoms. The highest BCUT2D eigenvalue weighted by Gasteiger charge is 2.35. The van der Waals surface area contributed by atoms with Crippen LogP contribution < -0.4 is 11.1 Å². The molecule has 2 amide bonds. The third-order valence-electron chi connectivity index (χ3n) is 8.66. The molecule has 2 aliphatic heterocycles. The zero-order valence-electron chi connectivity index (χ0n) is 26.2. The Morgan fingerprint density at radius 1 is 1.16 bits per heavy atom. The third-order valence-corrected chi connectivity index (χ3v) is 11.6. The van der Waals surface area contributed by atoms with Crippen LogP contribution in [0.5, 0.6) is 0 Å². The molecule has 2 atom stereocenters. The number of benzene rings is 1. The van der Waals surface area contributed by atoms with Crippen molar-refractivity contribution in [2.24, 2.45) is 5.92 Å². The number of anilines is 2. The van der Waals surface area contributed by atoms with Crippen molar-refractivity contribution < 1.29 is 14.3 Å². The molecule has 0 aliphatic carbocycles. The first-order valence-electron chi connectivity index (χ1n) is 15.4. The van der Waals surface area contributed by atoms with Gasteiger partial charge in [-0.3, -0.25) is 9.59 Å². The lowest BCUT2D eigenvalue weighted by Crippen LogP contribution is -2.46. The molecule has 44 heavy (non-hydrogen) atoms. The Morgan fingerprint density at radius 3 is 2.70 bits per heavy atom. The summed E-state index contributed by atoms with van der Waals surface area (Å²) in [5, 5.41) is 9.03. The van der Waals surface area contributed by atoms with E-state index in [1.54, 1.807) is 27.1 Å². The Kier molecular flexibility index (Phi) is 8.48. The van der Waals surface area contributed by atoms with Gasteiger partial charge in [-0.15, -0.1) is 11.3 Å². The summed E-state index contributed by atoms with van der Waals surface area (Å²) in [7, 11) is 0.878. The van der Waals surface area contributed by atoms with Crippen LogP contribution in [0.3, 0.4) is 0 Å². The molecular formula is C31H42N8O3SSi. The maximum Gasteiger partial charge on any atom is 0.314 e. The molecule has 2 saturated heterocycles. The first kappa shape index (κ1) is 30.6.